The molecular weight excluding hydrogens is 324 g/mol. The Balaban J connectivity index is 1.62. The van der Waals surface area contributed by atoms with E-state index in [0.717, 1.165) is 50.6 Å². The van der Waals surface area contributed by atoms with Gasteiger partial charge in [0, 0.05) is 37.0 Å². The maximum Gasteiger partial charge on any atom is 0.270 e. The summed E-state index contributed by atoms with van der Waals surface area (Å²) in [6.07, 6.45) is 6.82. The summed E-state index contributed by atoms with van der Waals surface area (Å²) in [7, 11) is 0. The Hall–Kier alpha value is -1.02. The van der Waals surface area contributed by atoms with Gasteiger partial charge in [0.1, 0.15) is 5.69 Å². The van der Waals surface area contributed by atoms with Crippen molar-refractivity contribution in [3.63, 3.8) is 0 Å². The minimum atomic E-state index is -0.0623. The second-order valence-corrected chi connectivity index (χ2v) is 7.67. The highest BCUT2D eigenvalue weighted by Gasteiger charge is 2.38. The van der Waals surface area contributed by atoms with Crippen LogP contribution in [0.4, 0.5) is 0 Å². The van der Waals surface area contributed by atoms with Gasteiger partial charge in [0.2, 0.25) is 0 Å². The highest BCUT2D eigenvalue weighted by Crippen LogP contribution is 2.34. The van der Waals surface area contributed by atoms with Crippen LogP contribution in [0, 0.1) is 0 Å². The van der Waals surface area contributed by atoms with Gasteiger partial charge < -0.3 is 15.8 Å². The predicted octanol–water partition coefficient (Wildman–Crippen LogP) is 1.41. The molecule has 7 heteroatoms. The van der Waals surface area contributed by atoms with Gasteiger partial charge in [-0.2, -0.15) is 0 Å². The summed E-state index contributed by atoms with van der Waals surface area (Å²) in [5, 5.41) is 5.92. The zero-order chi connectivity index (χ0) is 16.8. The summed E-state index contributed by atoms with van der Waals surface area (Å²) < 4.78 is 5.51. The van der Waals surface area contributed by atoms with Gasteiger partial charge in [-0.05, 0) is 19.4 Å². The van der Waals surface area contributed by atoms with E-state index < -0.39 is 0 Å². The summed E-state index contributed by atoms with van der Waals surface area (Å²) in [5.41, 5.74) is 6.17. The molecule has 134 valence electrons. The van der Waals surface area contributed by atoms with E-state index in [9.17, 15) is 4.79 Å². The number of carbonyl (C=O) groups excluding carboxylic acids is 1. The van der Waals surface area contributed by atoms with Crippen molar-refractivity contribution in [1.82, 2.24) is 15.2 Å². The van der Waals surface area contributed by atoms with Gasteiger partial charge >= 0.3 is 0 Å². The third-order valence-electron chi connectivity index (χ3n) is 5.19. The molecule has 1 amide bonds. The highest BCUT2D eigenvalue weighted by molar-refractivity contribution is 7.09. The number of nitrogens with one attached hydrogen (secondary N) is 1. The van der Waals surface area contributed by atoms with Crippen LogP contribution in [0.1, 0.15) is 47.6 Å². The summed E-state index contributed by atoms with van der Waals surface area (Å²) >= 11 is 1.51. The van der Waals surface area contributed by atoms with Gasteiger partial charge in [-0.1, -0.05) is 19.3 Å². The van der Waals surface area contributed by atoms with Gasteiger partial charge in [-0.3, -0.25) is 9.69 Å². The molecule has 0 aromatic carbocycles. The summed E-state index contributed by atoms with van der Waals surface area (Å²) in [6.45, 7) is 4.79. The van der Waals surface area contributed by atoms with Crippen molar-refractivity contribution >= 4 is 17.2 Å². The minimum absolute atomic E-state index is 0.0623. The SMILES string of the molecule is NCCc1nc(C(=O)NCC2(N3CCOCC3)CCCCC2)cs1. The first-order valence-corrected chi connectivity index (χ1v) is 9.87. The van der Waals surface area contributed by atoms with Gasteiger partial charge in [-0.15, -0.1) is 11.3 Å². The Kier molecular flexibility index (Phi) is 6.21. The number of nitrogens with zero attached hydrogens (tertiary/aromatic N) is 2. The third kappa shape index (κ3) is 4.14. The monoisotopic (exact) mass is 352 g/mol. The fraction of sp³-hybridized carbons (Fsp3) is 0.765. The molecule has 2 fully saturated rings. The predicted molar refractivity (Wildman–Crippen MR) is 95.4 cm³/mol. The molecule has 0 atom stereocenters. The lowest BCUT2D eigenvalue weighted by Crippen LogP contribution is -2.59. The van der Waals surface area contributed by atoms with Crippen LogP contribution < -0.4 is 11.1 Å². The Morgan fingerprint density at radius 3 is 2.79 bits per heavy atom. The topological polar surface area (TPSA) is 80.5 Å². The number of morpholine rings is 1. The van der Waals surface area contributed by atoms with Crippen LogP contribution in [-0.2, 0) is 11.2 Å². The van der Waals surface area contributed by atoms with Crippen molar-refractivity contribution in [3.05, 3.63) is 16.1 Å². The summed E-state index contributed by atoms with van der Waals surface area (Å²) in [6, 6.07) is 0. The first-order chi connectivity index (χ1) is 11.7. The molecule has 0 bridgehead atoms. The zero-order valence-corrected chi connectivity index (χ0v) is 15.1. The van der Waals surface area contributed by atoms with E-state index in [1.165, 1.54) is 30.6 Å². The first kappa shape index (κ1) is 17.8. The van der Waals surface area contributed by atoms with Crippen LogP contribution in [0.2, 0.25) is 0 Å². The summed E-state index contributed by atoms with van der Waals surface area (Å²) in [5.74, 6) is -0.0623. The van der Waals surface area contributed by atoms with E-state index in [4.69, 9.17) is 10.5 Å². The Bertz CT molecular complexity index is 536. The van der Waals surface area contributed by atoms with Gasteiger partial charge in [0.15, 0.2) is 0 Å². The van der Waals surface area contributed by atoms with Crippen LogP contribution in [0.15, 0.2) is 5.38 Å². The van der Waals surface area contributed by atoms with Crippen LogP contribution in [0.3, 0.4) is 0 Å². The number of ether oxygens (including phenoxy) is 1. The van der Waals surface area contributed by atoms with Crippen molar-refractivity contribution in [2.75, 3.05) is 39.4 Å². The second kappa shape index (κ2) is 8.38. The summed E-state index contributed by atoms with van der Waals surface area (Å²) in [4.78, 5) is 19.4. The fourth-order valence-electron chi connectivity index (χ4n) is 3.84. The van der Waals surface area contributed by atoms with Crippen molar-refractivity contribution in [2.24, 2.45) is 5.73 Å². The average molecular weight is 353 g/mol. The maximum absolute atomic E-state index is 12.5. The Labute approximate surface area is 147 Å². The third-order valence-corrected chi connectivity index (χ3v) is 6.10. The van der Waals surface area contributed by atoms with Gasteiger partial charge in [-0.25, -0.2) is 4.98 Å². The highest BCUT2D eigenvalue weighted by atomic mass is 32.1. The fourth-order valence-corrected chi connectivity index (χ4v) is 4.64. The number of thiazole rings is 1. The molecule has 1 aliphatic carbocycles. The van der Waals surface area contributed by atoms with Gasteiger partial charge in [0.05, 0.1) is 18.2 Å². The van der Waals surface area contributed by atoms with E-state index >= 15 is 0 Å². The number of aromatic nitrogens is 1. The molecule has 0 spiro atoms. The molecule has 1 aromatic rings. The first-order valence-electron chi connectivity index (χ1n) is 8.99. The Morgan fingerprint density at radius 2 is 2.08 bits per heavy atom. The molecule has 0 radical (unpaired) electrons. The lowest BCUT2D eigenvalue weighted by Gasteiger charge is -2.48. The molecule has 2 heterocycles. The largest absolute Gasteiger partial charge is 0.379 e. The molecule has 6 nitrogen and oxygen atoms in total. The standard InChI is InChI=1S/C17H28N4O2S/c18-7-4-15-20-14(12-24-15)16(22)19-13-17(5-2-1-3-6-17)21-8-10-23-11-9-21/h12H,1-11,13,18H2,(H,19,22). The van der Waals surface area contributed by atoms with E-state index in [2.05, 4.69) is 15.2 Å². The average Bonchev–Trinajstić information content (AvgIpc) is 3.10. The maximum atomic E-state index is 12.5. The number of hydrogen-bond donors (Lipinski definition) is 2. The molecule has 2 aliphatic rings. The lowest BCUT2D eigenvalue weighted by molar-refractivity contribution is -0.0361. The number of hydrogen-bond acceptors (Lipinski definition) is 6. The molecule has 3 N–H and O–H groups in total. The lowest BCUT2D eigenvalue weighted by atomic mass is 9.79. The zero-order valence-electron chi connectivity index (χ0n) is 14.3. The van der Waals surface area contributed by atoms with E-state index in [1.54, 1.807) is 0 Å². The quantitative estimate of drug-likeness (QED) is 0.809. The van der Waals surface area contributed by atoms with E-state index in [-0.39, 0.29) is 11.4 Å². The van der Waals surface area contributed by atoms with Crippen LogP contribution in [0.5, 0.6) is 0 Å². The number of carbonyl (C=O) groups is 1. The molecule has 1 aromatic heterocycles. The van der Waals surface area contributed by atoms with Crippen LogP contribution >= 0.6 is 11.3 Å². The molecule has 1 saturated heterocycles. The van der Waals surface area contributed by atoms with Crippen LogP contribution in [-0.4, -0.2) is 60.7 Å². The molecule has 0 unspecified atom stereocenters. The van der Waals surface area contributed by atoms with Crippen LogP contribution in [0.25, 0.3) is 0 Å². The number of amides is 1. The molecule has 1 saturated carbocycles. The van der Waals surface area contributed by atoms with E-state index in [1.807, 2.05) is 5.38 Å². The van der Waals surface area contributed by atoms with Crippen molar-refractivity contribution < 1.29 is 9.53 Å². The smallest absolute Gasteiger partial charge is 0.270 e. The number of rotatable bonds is 6. The second-order valence-electron chi connectivity index (χ2n) is 6.73. The van der Waals surface area contributed by atoms with Crippen molar-refractivity contribution in [2.45, 2.75) is 44.1 Å². The van der Waals surface area contributed by atoms with Crippen molar-refractivity contribution in [1.29, 1.82) is 0 Å². The normalized spacial score (nSPS) is 21.5. The molecule has 24 heavy (non-hydrogen) atoms. The molecule has 1 aliphatic heterocycles. The van der Waals surface area contributed by atoms with Gasteiger partial charge in [0.25, 0.3) is 5.91 Å². The Morgan fingerprint density at radius 1 is 1.33 bits per heavy atom. The minimum Gasteiger partial charge on any atom is -0.379 e. The number of nitrogens with two attached hydrogens (primary N) is 1. The van der Waals surface area contributed by atoms with Crippen molar-refractivity contribution in [3.8, 4) is 0 Å². The molecule has 3 rings (SSSR count). The molecular formula is C17H28N4O2S. The van der Waals surface area contributed by atoms with E-state index in [0.29, 0.717) is 18.8 Å².